The minimum absolute atomic E-state index is 0. The minimum atomic E-state index is -0.230. The van der Waals surface area contributed by atoms with Crippen molar-refractivity contribution in [2.24, 2.45) is 10.9 Å². The predicted octanol–water partition coefficient (Wildman–Crippen LogP) is 2.67. The fourth-order valence-corrected chi connectivity index (χ4v) is 1.97. The highest BCUT2D eigenvalue weighted by Crippen LogP contribution is 2.27. The maximum atomic E-state index is 13.5. The zero-order chi connectivity index (χ0) is 14.4. The van der Waals surface area contributed by atoms with E-state index in [0.29, 0.717) is 12.1 Å². The van der Waals surface area contributed by atoms with Gasteiger partial charge in [-0.15, -0.1) is 24.0 Å². The summed E-state index contributed by atoms with van der Waals surface area (Å²) >= 11 is 0. The van der Waals surface area contributed by atoms with Gasteiger partial charge in [-0.05, 0) is 36.5 Å². The molecule has 2 N–H and O–H groups in total. The summed E-state index contributed by atoms with van der Waals surface area (Å²) in [7, 11) is 3.32. The first-order chi connectivity index (χ1) is 9.72. The number of hydrogen-bond donors (Lipinski definition) is 2. The molecule has 0 bridgehead atoms. The van der Waals surface area contributed by atoms with Crippen molar-refractivity contribution in [2.45, 2.75) is 26.0 Å². The lowest BCUT2D eigenvalue weighted by Gasteiger charge is -2.12. The van der Waals surface area contributed by atoms with E-state index in [-0.39, 0.29) is 36.4 Å². The van der Waals surface area contributed by atoms with Gasteiger partial charge in [0.2, 0.25) is 0 Å². The summed E-state index contributed by atoms with van der Waals surface area (Å²) in [5.74, 6) is 1.36. The topological polar surface area (TPSA) is 45.7 Å². The van der Waals surface area contributed by atoms with Crippen molar-refractivity contribution in [1.29, 1.82) is 0 Å². The van der Waals surface area contributed by atoms with Gasteiger partial charge in [0, 0.05) is 32.8 Å². The number of nitrogens with zero attached hydrogens (tertiary/aromatic N) is 1. The first-order valence-electron chi connectivity index (χ1n) is 6.93. The summed E-state index contributed by atoms with van der Waals surface area (Å²) in [4.78, 5) is 4.17. The minimum Gasteiger partial charge on any atom is -0.380 e. The zero-order valence-electron chi connectivity index (χ0n) is 12.5. The third-order valence-electron chi connectivity index (χ3n) is 3.35. The standard InChI is InChI=1S/C15H22FN3O.HI/c1-17-15(18-8-11-3-4-11)19-9-12-5-6-14(16)13(7-12)10-20-2;/h5-7,11H,3-4,8-10H2,1-2H3,(H2,17,18,19);1H. The Hall–Kier alpha value is -0.890. The van der Waals surface area contributed by atoms with Crippen molar-refractivity contribution in [3.63, 3.8) is 0 Å². The Morgan fingerprint density at radius 3 is 2.76 bits per heavy atom. The Labute approximate surface area is 142 Å². The lowest BCUT2D eigenvalue weighted by molar-refractivity contribution is 0.181. The average molecular weight is 407 g/mol. The van der Waals surface area contributed by atoms with E-state index in [9.17, 15) is 4.39 Å². The first kappa shape index (κ1) is 18.2. The highest BCUT2D eigenvalue weighted by Gasteiger charge is 2.20. The van der Waals surface area contributed by atoms with Crippen LogP contribution in [0.15, 0.2) is 23.2 Å². The third-order valence-corrected chi connectivity index (χ3v) is 3.35. The van der Waals surface area contributed by atoms with Crippen LogP contribution in [-0.4, -0.2) is 26.7 Å². The number of benzene rings is 1. The van der Waals surface area contributed by atoms with Crippen LogP contribution in [0.2, 0.25) is 0 Å². The molecule has 0 unspecified atom stereocenters. The molecule has 1 aromatic rings. The Morgan fingerprint density at radius 2 is 2.14 bits per heavy atom. The Morgan fingerprint density at radius 1 is 1.38 bits per heavy atom. The van der Waals surface area contributed by atoms with Gasteiger partial charge in [-0.2, -0.15) is 0 Å². The average Bonchev–Trinajstić information content (AvgIpc) is 3.27. The number of ether oxygens (including phenoxy) is 1. The molecule has 118 valence electrons. The van der Waals surface area contributed by atoms with E-state index in [2.05, 4.69) is 15.6 Å². The van der Waals surface area contributed by atoms with Crippen LogP contribution in [0.25, 0.3) is 0 Å². The van der Waals surface area contributed by atoms with E-state index in [4.69, 9.17) is 4.74 Å². The van der Waals surface area contributed by atoms with Gasteiger partial charge in [-0.25, -0.2) is 4.39 Å². The molecule has 0 spiro atoms. The van der Waals surface area contributed by atoms with Crippen LogP contribution in [-0.2, 0) is 17.9 Å². The van der Waals surface area contributed by atoms with Crippen LogP contribution in [0.3, 0.4) is 0 Å². The highest BCUT2D eigenvalue weighted by molar-refractivity contribution is 14.0. The smallest absolute Gasteiger partial charge is 0.191 e. The molecular weight excluding hydrogens is 384 g/mol. The molecule has 0 atom stereocenters. The molecule has 0 saturated heterocycles. The number of guanidine groups is 1. The van der Waals surface area contributed by atoms with Gasteiger partial charge < -0.3 is 15.4 Å². The Bertz CT molecular complexity index is 478. The molecule has 1 aromatic carbocycles. The summed E-state index contributed by atoms with van der Waals surface area (Å²) < 4.78 is 18.5. The normalized spacial score (nSPS) is 14.5. The summed E-state index contributed by atoms with van der Waals surface area (Å²) in [5, 5.41) is 6.53. The fourth-order valence-electron chi connectivity index (χ4n) is 1.97. The molecule has 4 nitrogen and oxygen atoms in total. The van der Waals surface area contributed by atoms with Crippen LogP contribution in [0.1, 0.15) is 24.0 Å². The SMILES string of the molecule is CN=C(NCc1ccc(F)c(COC)c1)NCC1CC1.I. The van der Waals surface area contributed by atoms with Gasteiger partial charge in [0.15, 0.2) is 5.96 Å². The first-order valence-corrected chi connectivity index (χ1v) is 6.93. The molecule has 1 fully saturated rings. The summed E-state index contributed by atoms with van der Waals surface area (Å²) in [6.45, 7) is 1.87. The molecule has 0 aromatic heterocycles. The van der Waals surface area contributed by atoms with Crippen LogP contribution >= 0.6 is 24.0 Å². The Balaban J connectivity index is 0.00000220. The second-order valence-electron chi connectivity index (χ2n) is 5.11. The maximum Gasteiger partial charge on any atom is 0.191 e. The van der Waals surface area contributed by atoms with Crippen LogP contribution < -0.4 is 10.6 Å². The molecule has 1 aliphatic carbocycles. The Kier molecular flexibility index (Phi) is 7.95. The van der Waals surface area contributed by atoms with E-state index in [1.807, 2.05) is 6.07 Å². The number of halogens is 2. The predicted molar refractivity (Wildman–Crippen MR) is 93.5 cm³/mol. The lowest BCUT2D eigenvalue weighted by atomic mass is 10.1. The molecule has 6 heteroatoms. The van der Waals surface area contributed by atoms with Gasteiger partial charge >= 0.3 is 0 Å². The number of rotatable bonds is 6. The van der Waals surface area contributed by atoms with Crippen molar-refractivity contribution in [1.82, 2.24) is 10.6 Å². The van der Waals surface area contributed by atoms with Crippen molar-refractivity contribution in [3.8, 4) is 0 Å². The lowest BCUT2D eigenvalue weighted by Crippen LogP contribution is -2.37. The monoisotopic (exact) mass is 407 g/mol. The van der Waals surface area contributed by atoms with Gasteiger partial charge in [0.1, 0.15) is 5.82 Å². The number of hydrogen-bond acceptors (Lipinski definition) is 2. The van der Waals surface area contributed by atoms with E-state index < -0.39 is 0 Å². The van der Waals surface area contributed by atoms with E-state index in [0.717, 1.165) is 24.0 Å². The number of methoxy groups -OCH3 is 1. The largest absolute Gasteiger partial charge is 0.380 e. The molecule has 0 radical (unpaired) electrons. The highest BCUT2D eigenvalue weighted by atomic mass is 127. The van der Waals surface area contributed by atoms with Gasteiger partial charge in [0.25, 0.3) is 0 Å². The van der Waals surface area contributed by atoms with Crippen molar-refractivity contribution in [3.05, 3.63) is 35.1 Å². The van der Waals surface area contributed by atoms with E-state index in [1.165, 1.54) is 18.9 Å². The van der Waals surface area contributed by atoms with E-state index in [1.54, 1.807) is 20.2 Å². The van der Waals surface area contributed by atoms with Gasteiger partial charge in [-0.1, -0.05) is 6.07 Å². The van der Waals surface area contributed by atoms with Crippen molar-refractivity contribution in [2.75, 3.05) is 20.7 Å². The zero-order valence-corrected chi connectivity index (χ0v) is 14.8. The van der Waals surface area contributed by atoms with Crippen LogP contribution in [0.5, 0.6) is 0 Å². The fraction of sp³-hybridized carbons (Fsp3) is 0.533. The molecule has 21 heavy (non-hydrogen) atoms. The summed E-state index contributed by atoms with van der Waals surface area (Å²) in [6.07, 6.45) is 2.62. The molecule has 1 saturated carbocycles. The molecule has 0 amide bonds. The van der Waals surface area contributed by atoms with Gasteiger partial charge in [0.05, 0.1) is 6.61 Å². The van der Waals surface area contributed by atoms with Gasteiger partial charge in [-0.3, -0.25) is 4.99 Å². The number of aliphatic imine (C=N–C) groups is 1. The molecule has 0 heterocycles. The maximum absolute atomic E-state index is 13.5. The van der Waals surface area contributed by atoms with Crippen molar-refractivity contribution >= 4 is 29.9 Å². The summed E-state index contributed by atoms with van der Waals surface area (Å²) in [5.41, 5.74) is 1.58. The molecule has 0 aliphatic heterocycles. The molecular formula is C15H23FIN3O. The van der Waals surface area contributed by atoms with Crippen LogP contribution in [0.4, 0.5) is 4.39 Å². The second kappa shape index (κ2) is 9.19. The second-order valence-corrected chi connectivity index (χ2v) is 5.11. The molecule has 1 aliphatic rings. The number of nitrogens with one attached hydrogen (secondary N) is 2. The molecule has 2 rings (SSSR count). The van der Waals surface area contributed by atoms with Crippen molar-refractivity contribution < 1.29 is 9.13 Å². The summed E-state index contributed by atoms with van der Waals surface area (Å²) in [6, 6.07) is 5.07. The third kappa shape index (κ3) is 6.17. The quantitative estimate of drug-likeness (QED) is 0.433. The van der Waals surface area contributed by atoms with E-state index >= 15 is 0 Å². The van der Waals surface area contributed by atoms with Crippen LogP contribution in [0, 0.1) is 11.7 Å².